The van der Waals surface area contributed by atoms with Gasteiger partial charge in [-0.1, -0.05) is 32.5 Å². The summed E-state index contributed by atoms with van der Waals surface area (Å²) < 4.78 is 5.45. The molecular formula is C16H28N2O4S. The van der Waals surface area contributed by atoms with Crippen LogP contribution in [-0.2, 0) is 19.1 Å². The van der Waals surface area contributed by atoms with Crippen LogP contribution >= 0.6 is 11.8 Å². The van der Waals surface area contributed by atoms with E-state index in [4.69, 9.17) is 10.5 Å². The molecule has 23 heavy (non-hydrogen) atoms. The summed E-state index contributed by atoms with van der Waals surface area (Å²) in [5, 5.41) is 2.46. The van der Waals surface area contributed by atoms with Gasteiger partial charge in [-0.15, -0.1) is 0 Å². The van der Waals surface area contributed by atoms with Crippen LogP contribution in [0.2, 0.25) is 0 Å². The van der Waals surface area contributed by atoms with Crippen molar-refractivity contribution in [2.24, 2.45) is 11.7 Å². The van der Waals surface area contributed by atoms with E-state index in [0.29, 0.717) is 0 Å². The summed E-state index contributed by atoms with van der Waals surface area (Å²) in [6, 6.07) is -1.38. The highest BCUT2D eigenvalue weighted by atomic mass is 32.2. The smallest absolute Gasteiger partial charge is 0.329 e. The van der Waals surface area contributed by atoms with Crippen LogP contribution in [0.3, 0.4) is 0 Å². The zero-order chi connectivity index (χ0) is 17.4. The fourth-order valence-corrected chi connectivity index (χ4v) is 3.27. The van der Waals surface area contributed by atoms with Gasteiger partial charge in [-0.05, 0) is 31.6 Å². The lowest BCUT2D eigenvalue weighted by molar-refractivity contribution is -0.152. The number of hydrogen-bond acceptors (Lipinski definition) is 6. The first-order valence-corrected chi connectivity index (χ1v) is 9.25. The Balaban J connectivity index is 2.58. The first kappa shape index (κ1) is 20.0. The van der Waals surface area contributed by atoms with Crippen LogP contribution < -0.4 is 11.1 Å². The van der Waals surface area contributed by atoms with E-state index in [0.717, 1.165) is 37.4 Å². The monoisotopic (exact) mass is 344 g/mol. The maximum absolute atomic E-state index is 12.3. The average molecular weight is 344 g/mol. The lowest BCUT2D eigenvalue weighted by Gasteiger charge is -2.20. The summed E-state index contributed by atoms with van der Waals surface area (Å²) in [4.78, 5) is 35.9. The van der Waals surface area contributed by atoms with Gasteiger partial charge in [0.15, 0.2) is 0 Å². The summed E-state index contributed by atoms with van der Waals surface area (Å²) in [5.41, 5.74) is 5.81. The van der Waals surface area contributed by atoms with Gasteiger partial charge in [0.2, 0.25) is 11.0 Å². The van der Waals surface area contributed by atoms with Gasteiger partial charge in [0.05, 0.1) is 6.04 Å². The molecule has 6 nitrogen and oxygen atoms in total. The van der Waals surface area contributed by atoms with Crippen LogP contribution in [0, 0.1) is 5.92 Å². The molecule has 0 aromatic carbocycles. The van der Waals surface area contributed by atoms with Crippen LogP contribution in [0.5, 0.6) is 0 Å². The summed E-state index contributed by atoms with van der Waals surface area (Å²) in [5.74, 6) is -0.517. The molecule has 0 saturated heterocycles. The van der Waals surface area contributed by atoms with E-state index in [1.54, 1.807) is 6.92 Å². The third kappa shape index (κ3) is 6.91. The Hall–Kier alpha value is -1.08. The molecule has 0 bridgehead atoms. The Kier molecular flexibility index (Phi) is 8.62. The molecule has 2 atom stereocenters. The molecular weight excluding hydrogens is 316 g/mol. The minimum absolute atomic E-state index is 0.0316. The fraction of sp³-hybridized carbons (Fsp3) is 0.812. The molecule has 132 valence electrons. The molecule has 0 aromatic rings. The van der Waals surface area contributed by atoms with Crippen molar-refractivity contribution in [1.29, 1.82) is 0 Å². The van der Waals surface area contributed by atoms with Gasteiger partial charge in [-0.3, -0.25) is 9.59 Å². The predicted octanol–water partition coefficient (Wildman–Crippen LogP) is 1.61. The van der Waals surface area contributed by atoms with E-state index in [1.165, 1.54) is 0 Å². The molecule has 1 aliphatic carbocycles. The first-order chi connectivity index (χ1) is 10.8. The van der Waals surface area contributed by atoms with E-state index >= 15 is 0 Å². The van der Waals surface area contributed by atoms with Crippen LogP contribution in [0.15, 0.2) is 0 Å². The lowest BCUT2D eigenvalue weighted by atomic mass is 10.1. The molecule has 0 aliphatic heterocycles. The maximum atomic E-state index is 12.3. The van der Waals surface area contributed by atoms with Gasteiger partial charge in [0.25, 0.3) is 0 Å². The van der Waals surface area contributed by atoms with Gasteiger partial charge in [-0.25, -0.2) is 4.79 Å². The number of nitrogens with two attached hydrogens (primary N) is 1. The molecule has 1 fully saturated rings. The number of rotatable bonds is 8. The normalized spacial score (nSPS) is 17.8. The van der Waals surface area contributed by atoms with E-state index in [2.05, 4.69) is 5.32 Å². The Morgan fingerprint density at radius 2 is 1.87 bits per heavy atom. The van der Waals surface area contributed by atoms with E-state index in [-0.39, 0.29) is 35.2 Å². The zero-order valence-corrected chi connectivity index (χ0v) is 15.0. The highest BCUT2D eigenvalue weighted by Crippen LogP contribution is 2.22. The Labute approximate surface area is 142 Å². The highest BCUT2D eigenvalue weighted by molar-refractivity contribution is 8.13. The van der Waals surface area contributed by atoms with E-state index in [9.17, 15) is 14.4 Å². The molecule has 3 N–H and O–H groups in total. The molecule has 1 saturated carbocycles. The van der Waals surface area contributed by atoms with Crippen molar-refractivity contribution in [3.8, 4) is 0 Å². The molecule has 1 rings (SSSR count). The minimum atomic E-state index is -0.809. The largest absolute Gasteiger partial charge is 0.461 e. The zero-order valence-electron chi connectivity index (χ0n) is 14.2. The van der Waals surface area contributed by atoms with Gasteiger partial charge in [-0.2, -0.15) is 0 Å². The maximum Gasteiger partial charge on any atom is 0.329 e. The Bertz CT molecular complexity index is 422. The lowest BCUT2D eigenvalue weighted by Crippen LogP contribution is -2.45. The number of thioether (sulfide) groups is 1. The van der Waals surface area contributed by atoms with Crippen LogP contribution in [-0.4, -0.2) is 40.9 Å². The molecule has 1 amide bonds. The fourth-order valence-electron chi connectivity index (χ4n) is 2.25. The van der Waals surface area contributed by atoms with Gasteiger partial charge >= 0.3 is 5.97 Å². The predicted molar refractivity (Wildman–Crippen MR) is 90.8 cm³/mol. The number of amides is 1. The van der Waals surface area contributed by atoms with Crippen LogP contribution in [0.4, 0.5) is 0 Å². The summed E-state index contributed by atoms with van der Waals surface area (Å²) >= 11 is 0.980. The molecule has 0 radical (unpaired) electrons. The van der Waals surface area contributed by atoms with Crippen molar-refractivity contribution in [2.75, 3.05) is 5.75 Å². The number of ether oxygens (including phenoxy) is 1. The van der Waals surface area contributed by atoms with Gasteiger partial charge in [0, 0.05) is 12.2 Å². The molecule has 0 heterocycles. The summed E-state index contributed by atoms with van der Waals surface area (Å²) in [7, 11) is 0. The second-order valence-electron chi connectivity index (χ2n) is 6.22. The third-order valence-corrected chi connectivity index (χ3v) is 4.97. The van der Waals surface area contributed by atoms with E-state index in [1.807, 2.05) is 13.8 Å². The van der Waals surface area contributed by atoms with Crippen molar-refractivity contribution in [3.63, 3.8) is 0 Å². The van der Waals surface area contributed by atoms with Crippen molar-refractivity contribution < 1.29 is 19.1 Å². The van der Waals surface area contributed by atoms with Gasteiger partial charge < -0.3 is 15.8 Å². The quantitative estimate of drug-likeness (QED) is 0.649. The molecule has 0 spiro atoms. The highest BCUT2D eigenvalue weighted by Gasteiger charge is 2.28. The first-order valence-electron chi connectivity index (χ1n) is 8.27. The number of carbonyl (C=O) groups is 3. The van der Waals surface area contributed by atoms with Crippen molar-refractivity contribution in [1.82, 2.24) is 5.32 Å². The summed E-state index contributed by atoms with van der Waals surface area (Å²) in [6.07, 6.45) is 4.05. The topological polar surface area (TPSA) is 98.5 Å². The SMILES string of the molecule is CCC(=O)N[C@@H](CSC(=O)[C@@H](N)C(C)C)C(=O)OC1CCCC1. The van der Waals surface area contributed by atoms with Crippen molar-refractivity contribution in [3.05, 3.63) is 0 Å². The standard InChI is InChI=1S/C16H28N2O4S/c1-4-13(19)18-12(9-23-16(21)14(17)10(2)3)15(20)22-11-7-5-6-8-11/h10-12,14H,4-9,17H2,1-3H3,(H,18,19)/t12-,14-/m0/s1. The second kappa shape index (κ2) is 9.93. The average Bonchev–Trinajstić information content (AvgIpc) is 3.02. The summed E-state index contributed by atoms with van der Waals surface area (Å²) in [6.45, 7) is 5.45. The number of hydrogen-bond donors (Lipinski definition) is 2. The number of carbonyl (C=O) groups excluding carboxylic acids is 3. The Morgan fingerprint density at radius 1 is 1.26 bits per heavy atom. The molecule has 0 unspecified atom stereocenters. The Morgan fingerprint density at radius 3 is 2.39 bits per heavy atom. The van der Waals surface area contributed by atoms with Crippen molar-refractivity contribution in [2.45, 2.75) is 71.1 Å². The molecule has 7 heteroatoms. The number of esters is 1. The van der Waals surface area contributed by atoms with Gasteiger partial charge in [0.1, 0.15) is 12.1 Å². The van der Waals surface area contributed by atoms with Crippen LogP contribution in [0.1, 0.15) is 52.9 Å². The second-order valence-corrected chi connectivity index (χ2v) is 7.24. The minimum Gasteiger partial charge on any atom is -0.461 e. The third-order valence-electron chi connectivity index (χ3n) is 3.91. The number of nitrogens with one attached hydrogen (secondary N) is 1. The van der Waals surface area contributed by atoms with Crippen molar-refractivity contribution >= 4 is 28.8 Å². The van der Waals surface area contributed by atoms with E-state index < -0.39 is 18.1 Å². The van der Waals surface area contributed by atoms with Crippen LogP contribution in [0.25, 0.3) is 0 Å². The molecule has 1 aliphatic rings. The molecule has 0 aromatic heterocycles.